The number of carbonyl (C=O) groups is 2. The largest absolute Gasteiger partial charge is 0.513 e. The summed E-state index contributed by atoms with van der Waals surface area (Å²) in [6.45, 7) is 8.00. The lowest BCUT2D eigenvalue weighted by molar-refractivity contribution is 0.103. The van der Waals surface area contributed by atoms with Crippen molar-refractivity contribution >= 4 is 33.9 Å². The summed E-state index contributed by atoms with van der Waals surface area (Å²) in [5.74, 6) is 0.764. The van der Waals surface area contributed by atoms with Crippen molar-refractivity contribution in [2.75, 3.05) is 13.2 Å². The summed E-state index contributed by atoms with van der Waals surface area (Å²) < 4.78 is 21.3. The molecular formula is C24H26O6. The van der Waals surface area contributed by atoms with Crippen LogP contribution in [-0.4, -0.2) is 25.5 Å². The van der Waals surface area contributed by atoms with E-state index in [1.165, 1.54) is 0 Å². The minimum Gasteiger partial charge on any atom is -0.434 e. The van der Waals surface area contributed by atoms with Gasteiger partial charge in [0, 0.05) is 21.5 Å². The van der Waals surface area contributed by atoms with Gasteiger partial charge in [-0.25, -0.2) is 9.59 Å². The molecule has 0 bridgehead atoms. The van der Waals surface area contributed by atoms with E-state index >= 15 is 0 Å². The number of hydrogen-bond acceptors (Lipinski definition) is 6. The number of carbonyl (C=O) groups excluding carboxylic acids is 2. The molecule has 0 heterocycles. The number of rotatable bonds is 6. The molecule has 30 heavy (non-hydrogen) atoms. The zero-order chi connectivity index (χ0) is 21.7. The molecule has 0 spiro atoms. The molecular weight excluding hydrogens is 384 g/mol. The highest BCUT2D eigenvalue weighted by atomic mass is 16.7. The van der Waals surface area contributed by atoms with E-state index in [9.17, 15) is 9.59 Å². The molecule has 0 radical (unpaired) electrons. The van der Waals surface area contributed by atoms with Gasteiger partial charge in [-0.05, 0) is 49.9 Å². The summed E-state index contributed by atoms with van der Waals surface area (Å²) in [4.78, 5) is 24.4. The van der Waals surface area contributed by atoms with Crippen LogP contribution in [0.1, 0.15) is 38.8 Å². The van der Waals surface area contributed by atoms with Crippen molar-refractivity contribution in [2.45, 2.75) is 40.5 Å². The van der Waals surface area contributed by atoms with E-state index < -0.39 is 12.3 Å². The number of fused-ring (bicyclic) bond motifs is 2. The van der Waals surface area contributed by atoms with E-state index in [0.717, 1.165) is 24.0 Å². The standard InChI is InChI=1S/C24H26O6/c1-5-15-13-19-20(14-16(15)6-2)22(30-24(26)28-8-4)18-12-10-9-11-17(18)21(19)29-23(25)27-7-3/h9-14H,5-8H2,1-4H3. The fourth-order valence-electron chi connectivity index (χ4n) is 3.57. The molecule has 0 amide bonds. The van der Waals surface area contributed by atoms with Crippen molar-refractivity contribution in [3.8, 4) is 11.5 Å². The number of hydrogen-bond donors (Lipinski definition) is 0. The molecule has 0 fully saturated rings. The predicted octanol–water partition coefficient (Wildman–Crippen LogP) is 6.19. The summed E-state index contributed by atoms with van der Waals surface area (Å²) in [6, 6.07) is 11.3. The van der Waals surface area contributed by atoms with Gasteiger partial charge in [-0.2, -0.15) is 0 Å². The molecule has 0 aliphatic heterocycles. The van der Waals surface area contributed by atoms with Gasteiger partial charge in [-0.15, -0.1) is 0 Å². The minimum absolute atomic E-state index is 0.207. The van der Waals surface area contributed by atoms with Gasteiger partial charge < -0.3 is 18.9 Å². The lowest BCUT2D eigenvalue weighted by atomic mass is 9.94. The molecule has 0 aromatic heterocycles. The van der Waals surface area contributed by atoms with Crippen LogP contribution in [0.25, 0.3) is 21.5 Å². The number of ether oxygens (including phenoxy) is 4. The maximum absolute atomic E-state index is 12.2. The summed E-state index contributed by atoms with van der Waals surface area (Å²) in [6.07, 6.45) is 0.0822. The van der Waals surface area contributed by atoms with Crippen molar-refractivity contribution in [3.05, 3.63) is 47.5 Å². The van der Waals surface area contributed by atoms with Crippen LogP contribution in [0.4, 0.5) is 9.59 Å². The lowest BCUT2D eigenvalue weighted by Gasteiger charge is -2.18. The van der Waals surface area contributed by atoms with Crippen molar-refractivity contribution in [2.24, 2.45) is 0 Å². The topological polar surface area (TPSA) is 71.1 Å². The van der Waals surface area contributed by atoms with Gasteiger partial charge in [-0.1, -0.05) is 38.1 Å². The molecule has 0 saturated carbocycles. The fraction of sp³-hybridized carbons (Fsp3) is 0.333. The van der Waals surface area contributed by atoms with E-state index in [0.29, 0.717) is 33.0 Å². The Balaban J connectivity index is 2.37. The summed E-state index contributed by atoms with van der Waals surface area (Å²) in [7, 11) is 0. The summed E-state index contributed by atoms with van der Waals surface area (Å²) in [5, 5.41) is 2.64. The predicted molar refractivity (Wildman–Crippen MR) is 116 cm³/mol. The van der Waals surface area contributed by atoms with Crippen LogP contribution in [0, 0.1) is 0 Å². The quantitative estimate of drug-likeness (QED) is 0.274. The first kappa shape index (κ1) is 21.4. The fourth-order valence-corrected chi connectivity index (χ4v) is 3.57. The molecule has 0 unspecified atom stereocenters. The second kappa shape index (κ2) is 9.48. The Kier molecular flexibility index (Phi) is 6.77. The Morgan fingerprint density at radius 2 is 1.07 bits per heavy atom. The van der Waals surface area contributed by atoms with E-state index in [1.807, 2.05) is 36.4 Å². The van der Waals surface area contributed by atoms with E-state index in [2.05, 4.69) is 13.8 Å². The third kappa shape index (κ3) is 4.17. The molecule has 158 valence electrons. The zero-order valence-corrected chi connectivity index (χ0v) is 17.7. The van der Waals surface area contributed by atoms with Crippen molar-refractivity contribution in [3.63, 3.8) is 0 Å². The van der Waals surface area contributed by atoms with Crippen LogP contribution in [0.5, 0.6) is 11.5 Å². The average Bonchev–Trinajstić information content (AvgIpc) is 2.75. The summed E-state index contributed by atoms with van der Waals surface area (Å²) in [5.41, 5.74) is 2.27. The van der Waals surface area contributed by atoms with Crippen LogP contribution >= 0.6 is 0 Å². The van der Waals surface area contributed by atoms with E-state index in [4.69, 9.17) is 18.9 Å². The van der Waals surface area contributed by atoms with Crippen LogP contribution in [0.15, 0.2) is 36.4 Å². The molecule has 0 aliphatic carbocycles. The molecule has 3 aromatic carbocycles. The van der Waals surface area contributed by atoms with Gasteiger partial charge in [0.2, 0.25) is 0 Å². The molecule has 6 heteroatoms. The smallest absolute Gasteiger partial charge is 0.434 e. The minimum atomic E-state index is -0.777. The first-order chi connectivity index (χ1) is 14.5. The molecule has 6 nitrogen and oxygen atoms in total. The van der Waals surface area contributed by atoms with Crippen LogP contribution in [0.3, 0.4) is 0 Å². The Morgan fingerprint density at radius 1 is 0.667 bits per heavy atom. The second-order valence-electron chi connectivity index (χ2n) is 6.65. The highest BCUT2D eigenvalue weighted by Crippen LogP contribution is 2.44. The lowest BCUT2D eigenvalue weighted by Crippen LogP contribution is -2.13. The molecule has 0 atom stereocenters. The SMILES string of the molecule is CCOC(=O)Oc1c2ccccc2c(OC(=O)OCC)c2cc(CC)c(CC)cc12. The Hall–Kier alpha value is -3.28. The highest BCUT2D eigenvalue weighted by molar-refractivity contribution is 6.12. The van der Waals surface area contributed by atoms with Crippen molar-refractivity contribution < 1.29 is 28.5 Å². The monoisotopic (exact) mass is 410 g/mol. The first-order valence-electron chi connectivity index (χ1n) is 10.2. The zero-order valence-electron chi connectivity index (χ0n) is 17.7. The van der Waals surface area contributed by atoms with Gasteiger partial charge >= 0.3 is 12.3 Å². The van der Waals surface area contributed by atoms with Gasteiger partial charge in [0.1, 0.15) is 11.5 Å². The van der Waals surface area contributed by atoms with Crippen LogP contribution < -0.4 is 9.47 Å². The van der Waals surface area contributed by atoms with Gasteiger partial charge in [-0.3, -0.25) is 0 Å². The van der Waals surface area contributed by atoms with E-state index in [-0.39, 0.29) is 13.2 Å². The van der Waals surface area contributed by atoms with Gasteiger partial charge in [0.15, 0.2) is 0 Å². The molecule has 3 aromatic rings. The molecule has 0 aliphatic rings. The van der Waals surface area contributed by atoms with Crippen molar-refractivity contribution in [1.29, 1.82) is 0 Å². The summed E-state index contributed by atoms with van der Waals surface area (Å²) >= 11 is 0. The number of benzene rings is 3. The van der Waals surface area contributed by atoms with Crippen LogP contribution in [-0.2, 0) is 22.3 Å². The Labute approximate surface area is 175 Å². The molecule has 0 N–H and O–H groups in total. The maximum atomic E-state index is 12.2. The third-order valence-electron chi connectivity index (χ3n) is 4.90. The molecule has 0 saturated heterocycles. The van der Waals surface area contributed by atoms with Gasteiger partial charge in [0.05, 0.1) is 13.2 Å². The Morgan fingerprint density at radius 3 is 1.40 bits per heavy atom. The van der Waals surface area contributed by atoms with Gasteiger partial charge in [0.25, 0.3) is 0 Å². The molecule has 3 rings (SSSR count). The third-order valence-corrected chi connectivity index (χ3v) is 4.90. The normalized spacial score (nSPS) is 10.8. The van der Waals surface area contributed by atoms with Crippen LogP contribution in [0.2, 0.25) is 0 Å². The average molecular weight is 410 g/mol. The first-order valence-corrected chi connectivity index (χ1v) is 10.2. The van der Waals surface area contributed by atoms with E-state index in [1.54, 1.807) is 13.8 Å². The maximum Gasteiger partial charge on any atom is 0.513 e. The second-order valence-corrected chi connectivity index (χ2v) is 6.65. The van der Waals surface area contributed by atoms with Crippen molar-refractivity contribution in [1.82, 2.24) is 0 Å². The highest BCUT2D eigenvalue weighted by Gasteiger charge is 2.22. The Bertz CT molecular complexity index is 1000. The number of aryl methyl sites for hydroxylation is 2.